The van der Waals surface area contributed by atoms with E-state index in [4.69, 9.17) is 16.3 Å². The molecule has 25 heavy (non-hydrogen) atoms. The molecule has 3 rings (SSSR count). The summed E-state index contributed by atoms with van der Waals surface area (Å²) in [6.07, 6.45) is 0.880. The van der Waals surface area contributed by atoms with E-state index in [1.165, 1.54) is 11.8 Å². The topological polar surface area (TPSA) is 81.1 Å². The number of halogens is 1. The van der Waals surface area contributed by atoms with Crippen LogP contribution in [-0.2, 0) is 4.79 Å². The van der Waals surface area contributed by atoms with E-state index in [1.807, 2.05) is 26.0 Å². The van der Waals surface area contributed by atoms with Crippen LogP contribution in [0.3, 0.4) is 0 Å². The summed E-state index contributed by atoms with van der Waals surface area (Å²) in [5.41, 5.74) is 4.24. The second kappa shape index (κ2) is 7.53. The Morgan fingerprint density at radius 2 is 2.28 bits per heavy atom. The lowest BCUT2D eigenvalue weighted by Gasteiger charge is -2.32. The predicted octanol–water partition coefficient (Wildman–Crippen LogP) is 2.53. The van der Waals surface area contributed by atoms with Crippen LogP contribution >= 0.6 is 23.4 Å². The Morgan fingerprint density at radius 3 is 2.96 bits per heavy atom. The van der Waals surface area contributed by atoms with E-state index in [-0.39, 0.29) is 17.2 Å². The van der Waals surface area contributed by atoms with E-state index in [0.29, 0.717) is 22.5 Å². The van der Waals surface area contributed by atoms with Gasteiger partial charge in [-0.15, -0.1) is 10.2 Å². The minimum Gasteiger partial charge on any atom is -0.495 e. The summed E-state index contributed by atoms with van der Waals surface area (Å²) < 4.78 is 7.02. The van der Waals surface area contributed by atoms with Crippen LogP contribution in [0.5, 0.6) is 5.75 Å². The van der Waals surface area contributed by atoms with Gasteiger partial charge in [-0.3, -0.25) is 4.79 Å². The molecule has 7 nitrogen and oxygen atoms in total. The van der Waals surface area contributed by atoms with Gasteiger partial charge in [0.2, 0.25) is 11.1 Å². The standard InChI is InChI=1S/C16H20ClN5O2S/c1-4-7-18-15(23)14-13(10-5-6-12(24-3)11(17)8-10)21-22-9(2)19-20-16(22)25-14/h5-6,8,13-14,21H,4,7H2,1-3H3,(H,18,23). The van der Waals surface area contributed by atoms with Crippen LogP contribution in [-0.4, -0.2) is 39.7 Å². The van der Waals surface area contributed by atoms with E-state index in [9.17, 15) is 4.79 Å². The van der Waals surface area contributed by atoms with Crippen molar-refractivity contribution < 1.29 is 9.53 Å². The lowest BCUT2D eigenvalue weighted by atomic mass is 10.0. The van der Waals surface area contributed by atoms with Crippen molar-refractivity contribution in [3.05, 3.63) is 34.6 Å². The van der Waals surface area contributed by atoms with Crippen molar-refractivity contribution in [2.24, 2.45) is 0 Å². The number of nitrogens with one attached hydrogen (secondary N) is 2. The fraction of sp³-hybridized carbons (Fsp3) is 0.438. The molecule has 2 aromatic rings. The molecule has 1 aliphatic rings. The fourth-order valence-corrected chi connectivity index (χ4v) is 4.05. The van der Waals surface area contributed by atoms with Crippen LogP contribution in [0.25, 0.3) is 0 Å². The van der Waals surface area contributed by atoms with Crippen LogP contribution < -0.4 is 15.5 Å². The Balaban J connectivity index is 1.96. The van der Waals surface area contributed by atoms with Gasteiger partial charge < -0.3 is 15.5 Å². The van der Waals surface area contributed by atoms with Crippen molar-refractivity contribution >= 4 is 29.3 Å². The molecule has 2 atom stereocenters. The monoisotopic (exact) mass is 381 g/mol. The number of amides is 1. The molecular weight excluding hydrogens is 362 g/mol. The third-order valence-electron chi connectivity index (χ3n) is 3.94. The second-order valence-corrected chi connectivity index (χ2v) is 7.21. The molecule has 0 saturated heterocycles. The first kappa shape index (κ1) is 17.9. The number of methoxy groups -OCH3 is 1. The molecule has 0 bridgehead atoms. The maximum atomic E-state index is 12.7. The highest BCUT2D eigenvalue weighted by atomic mass is 35.5. The molecule has 0 spiro atoms. The first-order chi connectivity index (χ1) is 12.0. The second-order valence-electron chi connectivity index (χ2n) is 5.70. The van der Waals surface area contributed by atoms with E-state index in [0.717, 1.165) is 17.8 Å². The Hall–Kier alpha value is -1.93. The van der Waals surface area contributed by atoms with Gasteiger partial charge >= 0.3 is 0 Å². The Labute approximate surface area is 155 Å². The van der Waals surface area contributed by atoms with Gasteiger partial charge in [-0.05, 0) is 31.0 Å². The van der Waals surface area contributed by atoms with Crippen molar-refractivity contribution in [2.75, 3.05) is 19.1 Å². The quantitative estimate of drug-likeness (QED) is 0.828. The molecule has 1 aromatic heterocycles. The van der Waals surface area contributed by atoms with Gasteiger partial charge in [0.15, 0.2) is 0 Å². The molecule has 134 valence electrons. The molecule has 0 radical (unpaired) electrons. The molecule has 1 aromatic carbocycles. The van der Waals surface area contributed by atoms with Crippen molar-refractivity contribution in [3.8, 4) is 5.75 Å². The molecule has 9 heteroatoms. The zero-order valence-corrected chi connectivity index (χ0v) is 15.8. The first-order valence-electron chi connectivity index (χ1n) is 8.01. The molecule has 2 N–H and O–H groups in total. The number of carbonyl (C=O) groups is 1. The summed E-state index contributed by atoms with van der Waals surface area (Å²) >= 11 is 7.67. The summed E-state index contributed by atoms with van der Waals surface area (Å²) in [4.78, 5) is 12.7. The van der Waals surface area contributed by atoms with Crippen LogP contribution in [0, 0.1) is 6.92 Å². The van der Waals surface area contributed by atoms with Gasteiger partial charge in [0, 0.05) is 6.54 Å². The summed E-state index contributed by atoms with van der Waals surface area (Å²) in [7, 11) is 1.57. The maximum Gasteiger partial charge on any atom is 0.236 e. The third-order valence-corrected chi connectivity index (χ3v) is 5.45. The number of hydrogen-bond acceptors (Lipinski definition) is 6. The summed E-state index contributed by atoms with van der Waals surface area (Å²) in [6.45, 7) is 4.52. The number of rotatable bonds is 5. The number of carbonyl (C=O) groups excluding carboxylic acids is 1. The molecule has 0 saturated carbocycles. The van der Waals surface area contributed by atoms with Crippen molar-refractivity contribution in [1.29, 1.82) is 0 Å². The highest BCUT2D eigenvalue weighted by molar-refractivity contribution is 8.00. The Bertz CT molecular complexity index is 782. The molecular formula is C16H20ClN5O2S. The average molecular weight is 382 g/mol. The lowest BCUT2D eigenvalue weighted by molar-refractivity contribution is -0.120. The maximum absolute atomic E-state index is 12.7. The van der Waals surface area contributed by atoms with Gasteiger partial charge in [-0.2, -0.15) is 0 Å². The molecule has 1 amide bonds. The summed E-state index contributed by atoms with van der Waals surface area (Å²) in [6, 6.07) is 5.27. The SMILES string of the molecule is CCCNC(=O)C1Sc2nnc(C)n2NC1c1ccc(OC)c(Cl)c1. The molecule has 1 aliphatic heterocycles. The van der Waals surface area contributed by atoms with E-state index >= 15 is 0 Å². The van der Waals surface area contributed by atoms with E-state index < -0.39 is 0 Å². The predicted molar refractivity (Wildman–Crippen MR) is 97.8 cm³/mol. The molecule has 0 fully saturated rings. The number of benzene rings is 1. The number of aryl methyl sites for hydroxylation is 1. The van der Waals surface area contributed by atoms with Gasteiger partial charge in [0.05, 0.1) is 18.2 Å². The minimum atomic E-state index is -0.382. The van der Waals surface area contributed by atoms with Crippen LogP contribution in [0.4, 0.5) is 0 Å². The molecule has 0 aliphatic carbocycles. The Morgan fingerprint density at radius 1 is 1.48 bits per heavy atom. The third kappa shape index (κ3) is 3.55. The number of ether oxygens (including phenoxy) is 1. The largest absolute Gasteiger partial charge is 0.495 e. The number of aromatic nitrogens is 3. The fourth-order valence-electron chi connectivity index (χ4n) is 2.64. The number of nitrogens with zero attached hydrogens (tertiary/aromatic N) is 3. The van der Waals surface area contributed by atoms with Crippen LogP contribution in [0.2, 0.25) is 5.02 Å². The molecule has 2 unspecified atom stereocenters. The normalized spacial score (nSPS) is 19.0. The zero-order chi connectivity index (χ0) is 18.0. The lowest BCUT2D eigenvalue weighted by Crippen LogP contribution is -2.44. The highest BCUT2D eigenvalue weighted by Gasteiger charge is 2.37. The van der Waals surface area contributed by atoms with Gasteiger partial charge in [0.1, 0.15) is 16.8 Å². The van der Waals surface area contributed by atoms with E-state index in [2.05, 4.69) is 20.9 Å². The van der Waals surface area contributed by atoms with Crippen molar-refractivity contribution in [3.63, 3.8) is 0 Å². The van der Waals surface area contributed by atoms with Gasteiger partial charge in [-0.1, -0.05) is 36.4 Å². The number of thioether (sulfide) groups is 1. The summed E-state index contributed by atoms with van der Waals surface area (Å²) in [5, 5.41) is 12.0. The zero-order valence-electron chi connectivity index (χ0n) is 14.2. The van der Waals surface area contributed by atoms with Gasteiger partial charge in [-0.25, -0.2) is 4.68 Å². The summed E-state index contributed by atoms with van der Waals surface area (Å²) in [5.74, 6) is 1.30. The Kier molecular flexibility index (Phi) is 5.39. The van der Waals surface area contributed by atoms with Gasteiger partial charge in [0.25, 0.3) is 0 Å². The highest BCUT2D eigenvalue weighted by Crippen LogP contribution is 2.38. The number of hydrogen-bond donors (Lipinski definition) is 2. The van der Waals surface area contributed by atoms with Crippen LogP contribution in [0.15, 0.2) is 23.4 Å². The van der Waals surface area contributed by atoms with Crippen LogP contribution in [0.1, 0.15) is 30.8 Å². The van der Waals surface area contributed by atoms with Crippen molar-refractivity contribution in [2.45, 2.75) is 36.7 Å². The number of fused-ring (bicyclic) bond motifs is 1. The average Bonchev–Trinajstić information content (AvgIpc) is 2.98. The van der Waals surface area contributed by atoms with Crippen molar-refractivity contribution in [1.82, 2.24) is 20.2 Å². The molecule has 2 heterocycles. The minimum absolute atomic E-state index is 0.0387. The smallest absolute Gasteiger partial charge is 0.236 e. The first-order valence-corrected chi connectivity index (χ1v) is 9.27. The van der Waals surface area contributed by atoms with E-state index in [1.54, 1.807) is 17.9 Å².